The number of nitro groups is 1. The molecule has 0 aliphatic carbocycles. The maximum atomic E-state index is 11.9. The molecule has 0 unspecified atom stereocenters. The van der Waals surface area contributed by atoms with Gasteiger partial charge in [0, 0.05) is 18.2 Å². The minimum Gasteiger partial charge on any atom is -0.493 e. The lowest BCUT2D eigenvalue weighted by atomic mass is 10.1. The highest BCUT2D eigenvalue weighted by molar-refractivity contribution is 5.51. The number of hydrogen-bond donors (Lipinski definition) is 1. The number of pyridine rings is 1. The molecule has 1 heterocycles. The van der Waals surface area contributed by atoms with E-state index >= 15 is 0 Å². The second kappa shape index (κ2) is 4.85. The second-order valence-corrected chi connectivity index (χ2v) is 4.09. The monoisotopic (exact) mass is 271 g/mol. The number of non-ortho nitro benzene ring substituents is 1. The molecule has 1 N–H and O–H groups in total. The Labute approximate surface area is 113 Å². The zero-order chi connectivity index (χ0) is 14.9. The van der Waals surface area contributed by atoms with E-state index in [4.69, 9.17) is 5.26 Å². The van der Waals surface area contributed by atoms with E-state index in [-0.39, 0.29) is 16.9 Å². The molecule has 0 saturated heterocycles. The number of nitriles is 1. The van der Waals surface area contributed by atoms with E-state index in [9.17, 15) is 20.0 Å². The summed E-state index contributed by atoms with van der Waals surface area (Å²) in [7, 11) is 0. The van der Waals surface area contributed by atoms with E-state index < -0.39 is 16.4 Å². The smallest absolute Gasteiger partial charge is 0.271 e. The quantitative estimate of drug-likeness (QED) is 0.659. The minimum absolute atomic E-state index is 0.0453. The van der Waals surface area contributed by atoms with Gasteiger partial charge < -0.3 is 5.11 Å². The Kier molecular flexibility index (Phi) is 3.23. The second-order valence-electron chi connectivity index (χ2n) is 4.09. The summed E-state index contributed by atoms with van der Waals surface area (Å²) in [5, 5.41) is 29.7. The van der Waals surface area contributed by atoms with Crippen LogP contribution in [0.15, 0.2) is 35.1 Å². The van der Waals surface area contributed by atoms with Gasteiger partial charge in [-0.25, -0.2) is 4.57 Å². The molecule has 1 aromatic heterocycles. The number of rotatable bonds is 2. The number of aryl methyl sites for hydroxylation is 1. The third kappa shape index (κ3) is 2.10. The van der Waals surface area contributed by atoms with E-state index in [2.05, 4.69) is 0 Å². The summed E-state index contributed by atoms with van der Waals surface area (Å²) in [5.74, 6) is -0.530. The lowest BCUT2D eigenvalue weighted by molar-refractivity contribution is -0.384. The summed E-state index contributed by atoms with van der Waals surface area (Å²) in [4.78, 5) is 22.1. The van der Waals surface area contributed by atoms with Gasteiger partial charge in [0.2, 0.25) is 5.88 Å². The predicted octanol–water partition coefficient (Wildman–Crippen LogP) is 1.63. The first kappa shape index (κ1) is 13.3. The van der Waals surface area contributed by atoms with Crippen LogP contribution in [0.25, 0.3) is 5.69 Å². The molecule has 20 heavy (non-hydrogen) atoms. The standard InChI is InChI=1S/C13H9N3O4/c1-8-5-12(17)15(13(18)11(8)7-14)9-3-2-4-10(6-9)16(19)20/h2-6,18H,1H3. The highest BCUT2D eigenvalue weighted by Crippen LogP contribution is 2.23. The van der Waals surface area contributed by atoms with Crippen molar-refractivity contribution in [3.05, 3.63) is 61.9 Å². The molecular formula is C13H9N3O4. The summed E-state index contributed by atoms with van der Waals surface area (Å²) in [5.41, 5.74) is -0.363. The first-order valence-corrected chi connectivity index (χ1v) is 5.56. The van der Waals surface area contributed by atoms with Crippen LogP contribution in [0.4, 0.5) is 5.69 Å². The highest BCUT2D eigenvalue weighted by atomic mass is 16.6. The van der Waals surface area contributed by atoms with Crippen molar-refractivity contribution in [1.29, 1.82) is 5.26 Å². The average molecular weight is 271 g/mol. The number of nitro benzene ring substituents is 1. The summed E-state index contributed by atoms with van der Waals surface area (Å²) >= 11 is 0. The van der Waals surface area contributed by atoms with Crippen molar-refractivity contribution in [2.75, 3.05) is 0 Å². The highest BCUT2D eigenvalue weighted by Gasteiger charge is 2.15. The van der Waals surface area contributed by atoms with Crippen LogP contribution in [-0.4, -0.2) is 14.6 Å². The van der Waals surface area contributed by atoms with Gasteiger partial charge in [0.15, 0.2) is 0 Å². The number of aromatic nitrogens is 1. The van der Waals surface area contributed by atoms with E-state index in [1.54, 1.807) is 6.07 Å². The fourth-order valence-corrected chi connectivity index (χ4v) is 1.85. The van der Waals surface area contributed by atoms with Crippen LogP contribution in [0.1, 0.15) is 11.1 Å². The maximum Gasteiger partial charge on any atom is 0.271 e. The Balaban J connectivity index is 2.77. The zero-order valence-corrected chi connectivity index (χ0v) is 10.4. The first-order chi connectivity index (χ1) is 9.45. The van der Waals surface area contributed by atoms with Gasteiger partial charge in [-0.1, -0.05) is 6.07 Å². The molecule has 0 spiro atoms. The van der Waals surface area contributed by atoms with Crippen LogP contribution >= 0.6 is 0 Å². The Morgan fingerprint density at radius 2 is 2.10 bits per heavy atom. The summed E-state index contributed by atoms with van der Waals surface area (Å²) in [6.07, 6.45) is 0. The summed E-state index contributed by atoms with van der Waals surface area (Å²) in [6, 6.07) is 8.23. The van der Waals surface area contributed by atoms with Gasteiger partial charge in [0.25, 0.3) is 11.2 Å². The number of nitrogens with zero attached hydrogens (tertiary/aromatic N) is 3. The van der Waals surface area contributed by atoms with Gasteiger partial charge in [-0.3, -0.25) is 14.9 Å². The first-order valence-electron chi connectivity index (χ1n) is 5.56. The normalized spacial score (nSPS) is 10.0. The topological polar surface area (TPSA) is 109 Å². The summed E-state index contributed by atoms with van der Waals surface area (Å²) < 4.78 is 0.860. The van der Waals surface area contributed by atoms with Crippen LogP contribution in [0.2, 0.25) is 0 Å². The van der Waals surface area contributed by atoms with Crippen molar-refractivity contribution in [2.45, 2.75) is 6.92 Å². The fraction of sp³-hybridized carbons (Fsp3) is 0.0769. The van der Waals surface area contributed by atoms with E-state index in [0.717, 1.165) is 10.6 Å². The van der Waals surface area contributed by atoms with Crippen LogP contribution in [0, 0.1) is 28.4 Å². The van der Waals surface area contributed by atoms with Crippen LogP contribution in [0.5, 0.6) is 5.88 Å². The lowest BCUT2D eigenvalue weighted by Crippen LogP contribution is -2.19. The van der Waals surface area contributed by atoms with Gasteiger partial charge in [-0.05, 0) is 18.6 Å². The van der Waals surface area contributed by atoms with Gasteiger partial charge in [0.1, 0.15) is 11.6 Å². The molecule has 2 rings (SSSR count). The van der Waals surface area contributed by atoms with Gasteiger partial charge >= 0.3 is 0 Å². The van der Waals surface area contributed by atoms with Crippen LogP contribution in [0.3, 0.4) is 0 Å². The Morgan fingerprint density at radius 3 is 2.70 bits per heavy atom. The Hall–Kier alpha value is -3.14. The zero-order valence-electron chi connectivity index (χ0n) is 10.4. The van der Waals surface area contributed by atoms with Crippen molar-refractivity contribution >= 4 is 5.69 Å². The molecule has 0 fully saturated rings. The van der Waals surface area contributed by atoms with Crippen molar-refractivity contribution in [3.63, 3.8) is 0 Å². The Morgan fingerprint density at radius 1 is 1.40 bits per heavy atom. The molecule has 0 amide bonds. The van der Waals surface area contributed by atoms with Gasteiger partial charge in [-0.15, -0.1) is 0 Å². The van der Waals surface area contributed by atoms with Crippen molar-refractivity contribution < 1.29 is 10.0 Å². The lowest BCUT2D eigenvalue weighted by Gasteiger charge is -2.10. The molecule has 100 valence electrons. The van der Waals surface area contributed by atoms with E-state index in [0.29, 0.717) is 5.56 Å². The SMILES string of the molecule is Cc1cc(=O)n(-c2cccc([N+](=O)[O-])c2)c(O)c1C#N. The largest absolute Gasteiger partial charge is 0.493 e. The number of benzene rings is 1. The molecule has 0 aliphatic rings. The number of hydrogen-bond acceptors (Lipinski definition) is 5. The third-order valence-corrected chi connectivity index (χ3v) is 2.80. The average Bonchev–Trinajstić information content (AvgIpc) is 2.39. The Bertz CT molecular complexity index is 802. The maximum absolute atomic E-state index is 11.9. The van der Waals surface area contributed by atoms with E-state index in [1.165, 1.54) is 31.2 Å². The third-order valence-electron chi connectivity index (χ3n) is 2.80. The van der Waals surface area contributed by atoms with Crippen LogP contribution < -0.4 is 5.56 Å². The molecule has 0 aliphatic heterocycles. The van der Waals surface area contributed by atoms with Gasteiger partial charge in [-0.2, -0.15) is 5.26 Å². The minimum atomic E-state index is -0.606. The molecule has 7 nitrogen and oxygen atoms in total. The molecule has 0 atom stereocenters. The van der Waals surface area contributed by atoms with Crippen molar-refractivity contribution in [3.8, 4) is 17.6 Å². The molecule has 0 bridgehead atoms. The predicted molar refractivity (Wildman–Crippen MR) is 69.8 cm³/mol. The van der Waals surface area contributed by atoms with Crippen molar-refractivity contribution in [1.82, 2.24) is 4.57 Å². The summed E-state index contributed by atoms with van der Waals surface area (Å²) in [6.45, 7) is 1.53. The molecule has 1 aromatic carbocycles. The molecular weight excluding hydrogens is 262 g/mol. The molecule has 0 radical (unpaired) electrons. The van der Waals surface area contributed by atoms with Gasteiger partial charge in [0.05, 0.1) is 10.6 Å². The number of aromatic hydroxyl groups is 1. The molecule has 2 aromatic rings. The molecule has 0 saturated carbocycles. The molecule has 7 heteroatoms. The van der Waals surface area contributed by atoms with Crippen molar-refractivity contribution in [2.24, 2.45) is 0 Å². The van der Waals surface area contributed by atoms with Crippen LogP contribution in [-0.2, 0) is 0 Å². The fourth-order valence-electron chi connectivity index (χ4n) is 1.85. The van der Waals surface area contributed by atoms with E-state index in [1.807, 2.05) is 0 Å².